The van der Waals surface area contributed by atoms with E-state index >= 15 is 0 Å². The van der Waals surface area contributed by atoms with Crippen LogP contribution in [0.5, 0.6) is 0 Å². The number of sulfonamides is 1. The van der Waals surface area contributed by atoms with Crippen molar-refractivity contribution in [1.82, 2.24) is 14.6 Å². The average molecular weight is 273 g/mol. The van der Waals surface area contributed by atoms with Crippen LogP contribution >= 0.6 is 0 Å². The second-order valence-corrected chi connectivity index (χ2v) is 7.10. The van der Waals surface area contributed by atoms with Crippen LogP contribution in [0.15, 0.2) is 17.2 Å². The molecule has 0 spiro atoms. The Morgan fingerprint density at radius 2 is 1.94 bits per heavy atom. The van der Waals surface area contributed by atoms with Crippen LogP contribution in [0.2, 0.25) is 0 Å². The molecule has 0 saturated heterocycles. The summed E-state index contributed by atoms with van der Waals surface area (Å²) in [6, 6.07) is 1.71. The van der Waals surface area contributed by atoms with Crippen LogP contribution in [0.25, 0.3) is 0 Å². The number of rotatable bonds is 5. The average Bonchev–Trinajstić information content (AvgIpc) is 2.54. The van der Waals surface area contributed by atoms with Crippen LogP contribution in [0.3, 0.4) is 0 Å². The van der Waals surface area contributed by atoms with Gasteiger partial charge in [-0.05, 0) is 33.4 Å². The van der Waals surface area contributed by atoms with Crippen molar-refractivity contribution in [3.05, 3.63) is 18.0 Å². The third-order valence-electron chi connectivity index (χ3n) is 2.39. The smallest absolute Gasteiger partial charge is 0.242 e. The van der Waals surface area contributed by atoms with Crippen LogP contribution in [-0.4, -0.2) is 25.1 Å². The lowest BCUT2D eigenvalue weighted by Crippen LogP contribution is -2.40. The molecule has 5 nitrogen and oxygen atoms in total. The SMILES string of the molecule is CCNCc1cc(S(=O)(=O)NC(C)(C)C)cn1C. The van der Waals surface area contributed by atoms with E-state index in [9.17, 15) is 8.42 Å². The Hall–Kier alpha value is -0.850. The molecule has 18 heavy (non-hydrogen) atoms. The highest BCUT2D eigenvalue weighted by Gasteiger charge is 2.23. The molecule has 0 bridgehead atoms. The highest BCUT2D eigenvalue weighted by Crippen LogP contribution is 2.15. The van der Waals surface area contributed by atoms with E-state index in [1.807, 2.05) is 39.3 Å². The highest BCUT2D eigenvalue weighted by atomic mass is 32.2. The summed E-state index contributed by atoms with van der Waals surface area (Å²) in [6.07, 6.45) is 1.64. The molecule has 0 radical (unpaired) electrons. The number of hydrogen-bond donors (Lipinski definition) is 2. The number of aromatic nitrogens is 1. The fourth-order valence-corrected chi connectivity index (χ4v) is 3.13. The van der Waals surface area contributed by atoms with Gasteiger partial charge in [0.25, 0.3) is 0 Å². The maximum Gasteiger partial charge on any atom is 0.242 e. The van der Waals surface area contributed by atoms with Crippen molar-refractivity contribution in [3.8, 4) is 0 Å². The van der Waals surface area contributed by atoms with Crippen molar-refractivity contribution in [1.29, 1.82) is 0 Å². The maximum absolute atomic E-state index is 12.1. The van der Waals surface area contributed by atoms with Gasteiger partial charge in [0, 0.05) is 31.0 Å². The van der Waals surface area contributed by atoms with E-state index in [2.05, 4.69) is 10.0 Å². The normalized spacial score (nSPS) is 12.9. The quantitative estimate of drug-likeness (QED) is 0.847. The third-order valence-corrected chi connectivity index (χ3v) is 4.11. The standard InChI is InChI=1S/C12H23N3O2S/c1-6-13-8-10-7-11(9-15(10)5)18(16,17)14-12(2,3)4/h7,9,13-14H,6,8H2,1-5H3. The van der Waals surface area contributed by atoms with Gasteiger partial charge in [0.1, 0.15) is 0 Å². The van der Waals surface area contributed by atoms with Crippen molar-refractivity contribution in [2.24, 2.45) is 7.05 Å². The van der Waals surface area contributed by atoms with Gasteiger partial charge in [-0.1, -0.05) is 6.92 Å². The topological polar surface area (TPSA) is 63.1 Å². The molecule has 0 aliphatic rings. The zero-order valence-electron chi connectivity index (χ0n) is 11.7. The number of nitrogens with zero attached hydrogens (tertiary/aromatic N) is 1. The molecular formula is C12H23N3O2S. The zero-order chi connectivity index (χ0) is 14.0. The third kappa shape index (κ3) is 4.12. The second kappa shape index (κ2) is 5.42. The van der Waals surface area contributed by atoms with Gasteiger partial charge in [-0.25, -0.2) is 13.1 Å². The molecule has 0 saturated carbocycles. The Balaban J connectivity index is 2.97. The van der Waals surface area contributed by atoms with E-state index < -0.39 is 15.6 Å². The van der Waals surface area contributed by atoms with E-state index in [-0.39, 0.29) is 0 Å². The molecule has 2 N–H and O–H groups in total. The van der Waals surface area contributed by atoms with Gasteiger partial charge in [0.2, 0.25) is 10.0 Å². The predicted molar refractivity (Wildman–Crippen MR) is 72.9 cm³/mol. The van der Waals surface area contributed by atoms with Gasteiger partial charge in [-0.15, -0.1) is 0 Å². The second-order valence-electron chi connectivity index (χ2n) is 5.41. The Bertz CT molecular complexity index is 498. The zero-order valence-corrected chi connectivity index (χ0v) is 12.6. The molecule has 1 aromatic rings. The molecule has 0 fully saturated rings. The first-order chi connectivity index (χ1) is 8.15. The summed E-state index contributed by atoms with van der Waals surface area (Å²) in [5, 5.41) is 3.18. The minimum absolute atomic E-state index is 0.313. The molecular weight excluding hydrogens is 250 g/mol. The fourth-order valence-electron chi connectivity index (χ4n) is 1.61. The van der Waals surface area contributed by atoms with Crippen LogP contribution < -0.4 is 10.0 Å². The lowest BCUT2D eigenvalue weighted by molar-refractivity contribution is 0.491. The van der Waals surface area contributed by atoms with Crippen LogP contribution in [0.1, 0.15) is 33.4 Å². The van der Waals surface area contributed by atoms with Crippen molar-refractivity contribution in [2.75, 3.05) is 6.54 Å². The minimum atomic E-state index is -3.44. The molecule has 1 heterocycles. The molecule has 0 amide bonds. The van der Waals surface area contributed by atoms with Crippen LogP contribution in [0, 0.1) is 0 Å². The monoisotopic (exact) mass is 273 g/mol. The minimum Gasteiger partial charge on any atom is -0.352 e. The Labute approximate surface area is 110 Å². The largest absolute Gasteiger partial charge is 0.352 e. The molecule has 0 unspecified atom stereocenters. The molecule has 6 heteroatoms. The molecule has 0 aromatic carbocycles. The molecule has 104 valence electrons. The summed E-state index contributed by atoms with van der Waals surface area (Å²) in [6.45, 7) is 9.01. The lowest BCUT2D eigenvalue weighted by atomic mass is 10.1. The summed E-state index contributed by atoms with van der Waals surface area (Å²) < 4.78 is 28.8. The maximum atomic E-state index is 12.1. The molecule has 1 rings (SSSR count). The molecule has 1 aromatic heterocycles. The Morgan fingerprint density at radius 1 is 1.33 bits per heavy atom. The Kier molecular flexibility index (Phi) is 4.58. The first-order valence-corrected chi connectivity index (χ1v) is 7.54. The van der Waals surface area contributed by atoms with Gasteiger partial charge in [-0.2, -0.15) is 0 Å². The fraction of sp³-hybridized carbons (Fsp3) is 0.667. The van der Waals surface area contributed by atoms with Gasteiger partial charge in [0.15, 0.2) is 0 Å². The lowest BCUT2D eigenvalue weighted by Gasteiger charge is -2.19. The molecule has 0 aliphatic heterocycles. The Morgan fingerprint density at radius 3 is 2.44 bits per heavy atom. The van der Waals surface area contributed by atoms with E-state index in [1.165, 1.54) is 0 Å². The van der Waals surface area contributed by atoms with Crippen molar-refractivity contribution in [2.45, 2.75) is 44.7 Å². The van der Waals surface area contributed by atoms with Gasteiger partial charge < -0.3 is 9.88 Å². The highest BCUT2D eigenvalue weighted by molar-refractivity contribution is 7.89. The van der Waals surface area contributed by atoms with Gasteiger partial charge in [-0.3, -0.25) is 0 Å². The summed E-state index contributed by atoms with van der Waals surface area (Å²) in [7, 11) is -1.59. The number of nitrogens with one attached hydrogen (secondary N) is 2. The molecule has 0 aliphatic carbocycles. The van der Waals surface area contributed by atoms with E-state index in [4.69, 9.17) is 0 Å². The summed E-state index contributed by atoms with van der Waals surface area (Å²) in [4.78, 5) is 0.313. The first kappa shape index (κ1) is 15.2. The summed E-state index contributed by atoms with van der Waals surface area (Å²) in [5.41, 5.74) is 0.474. The molecule has 0 atom stereocenters. The van der Waals surface area contributed by atoms with Gasteiger partial charge >= 0.3 is 0 Å². The number of hydrogen-bond acceptors (Lipinski definition) is 3. The predicted octanol–water partition coefficient (Wildman–Crippen LogP) is 1.21. The van der Waals surface area contributed by atoms with E-state index in [0.717, 1.165) is 12.2 Å². The van der Waals surface area contributed by atoms with Gasteiger partial charge in [0.05, 0.1) is 4.90 Å². The van der Waals surface area contributed by atoms with E-state index in [0.29, 0.717) is 11.4 Å². The van der Waals surface area contributed by atoms with E-state index in [1.54, 1.807) is 12.3 Å². The van der Waals surface area contributed by atoms with Crippen molar-refractivity contribution in [3.63, 3.8) is 0 Å². The number of aryl methyl sites for hydroxylation is 1. The van der Waals surface area contributed by atoms with Crippen LogP contribution in [0.4, 0.5) is 0 Å². The first-order valence-electron chi connectivity index (χ1n) is 6.05. The van der Waals surface area contributed by atoms with Crippen LogP contribution in [-0.2, 0) is 23.6 Å². The van der Waals surface area contributed by atoms with Crippen molar-refractivity contribution < 1.29 is 8.42 Å². The summed E-state index contributed by atoms with van der Waals surface area (Å²) in [5.74, 6) is 0. The summed E-state index contributed by atoms with van der Waals surface area (Å²) >= 11 is 0. The van der Waals surface area contributed by atoms with Crippen molar-refractivity contribution >= 4 is 10.0 Å².